The van der Waals surface area contributed by atoms with Crippen molar-refractivity contribution in [3.05, 3.63) is 23.2 Å². The van der Waals surface area contributed by atoms with Crippen LogP contribution < -0.4 is 5.32 Å². The monoisotopic (exact) mass is 336 g/mol. The molecular formula is C19H32N2O3. The summed E-state index contributed by atoms with van der Waals surface area (Å²) >= 11 is 0. The van der Waals surface area contributed by atoms with Gasteiger partial charge in [-0.05, 0) is 38.7 Å². The van der Waals surface area contributed by atoms with E-state index in [4.69, 9.17) is 4.42 Å². The molecule has 0 fully saturated rings. The van der Waals surface area contributed by atoms with Crippen LogP contribution in [0.4, 0.5) is 0 Å². The van der Waals surface area contributed by atoms with Crippen LogP contribution >= 0.6 is 0 Å². The van der Waals surface area contributed by atoms with Crippen molar-refractivity contribution in [2.75, 3.05) is 19.6 Å². The molecule has 1 heterocycles. The summed E-state index contributed by atoms with van der Waals surface area (Å²) in [5, 5.41) is 2.90. The van der Waals surface area contributed by atoms with E-state index >= 15 is 0 Å². The molecule has 0 spiro atoms. The smallest absolute Gasteiger partial charge is 0.257 e. The van der Waals surface area contributed by atoms with E-state index in [-0.39, 0.29) is 11.8 Å². The van der Waals surface area contributed by atoms with E-state index in [1.807, 2.05) is 6.92 Å². The largest absolute Gasteiger partial charge is 0.466 e. The average Bonchev–Trinajstić information content (AvgIpc) is 2.85. The zero-order valence-corrected chi connectivity index (χ0v) is 15.8. The van der Waals surface area contributed by atoms with Gasteiger partial charge in [-0.3, -0.25) is 9.59 Å². The van der Waals surface area contributed by atoms with Crippen LogP contribution in [-0.2, 0) is 4.79 Å². The van der Waals surface area contributed by atoms with Gasteiger partial charge in [0.15, 0.2) is 0 Å². The van der Waals surface area contributed by atoms with Gasteiger partial charge < -0.3 is 14.6 Å². The van der Waals surface area contributed by atoms with E-state index < -0.39 is 0 Å². The second kappa shape index (κ2) is 10.2. The van der Waals surface area contributed by atoms with Gasteiger partial charge in [0.2, 0.25) is 5.91 Å². The van der Waals surface area contributed by atoms with Crippen molar-refractivity contribution >= 4 is 11.8 Å². The second-order valence-corrected chi connectivity index (χ2v) is 6.76. The lowest BCUT2D eigenvalue weighted by Gasteiger charge is -2.23. The molecule has 0 atom stereocenters. The maximum Gasteiger partial charge on any atom is 0.257 e. The molecule has 5 heteroatoms. The molecule has 0 aliphatic heterocycles. The molecule has 0 saturated carbocycles. The lowest BCUT2D eigenvalue weighted by molar-refractivity contribution is -0.121. The minimum absolute atomic E-state index is 0.00546. The van der Waals surface area contributed by atoms with E-state index in [0.717, 1.165) is 25.0 Å². The van der Waals surface area contributed by atoms with Crippen LogP contribution in [0.3, 0.4) is 0 Å². The summed E-state index contributed by atoms with van der Waals surface area (Å²) in [6, 6.07) is 1.78. The van der Waals surface area contributed by atoms with E-state index in [1.165, 1.54) is 0 Å². The fourth-order valence-corrected chi connectivity index (χ4v) is 2.47. The van der Waals surface area contributed by atoms with Gasteiger partial charge in [0.05, 0.1) is 5.56 Å². The summed E-state index contributed by atoms with van der Waals surface area (Å²) in [6.45, 7) is 11.8. The van der Waals surface area contributed by atoms with Gasteiger partial charge in [-0.15, -0.1) is 0 Å². The number of aryl methyl sites for hydroxylation is 2. The quantitative estimate of drug-likeness (QED) is 0.663. The standard InChI is InChI=1S/C19H32N2O3/c1-6-7-10-20-18(22)9-12-21(11-8-14(2)3)19(23)17-13-15(4)24-16(17)5/h13-14H,6-12H2,1-5H3,(H,20,22). The maximum absolute atomic E-state index is 12.8. The van der Waals surface area contributed by atoms with Gasteiger partial charge >= 0.3 is 0 Å². The molecule has 0 saturated heterocycles. The highest BCUT2D eigenvalue weighted by molar-refractivity contribution is 5.95. The number of rotatable bonds is 10. The lowest BCUT2D eigenvalue weighted by atomic mass is 10.1. The zero-order chi connectivity index (χ0) is 18.1. The predicted molar refractivity (Wildman–Crippen MR) is 96.1 cm³/mol. The van der Waals surface area contributed by atoms with E-state index in [0.29, 0.717) is 43.3 Å². The van der Waals surface area contributed by atoms with Gasteiger partial charge in [0.25, 0.3) is 5.91 Å². The Morgan fingerprint density at radius 2 is 1.96 bits per heavy atom. The fraction of sp³-hybridized carbons (Fsp3) is 0.684. The first-order valence-electron chi connectivity index (χ1n) is 8.98. The molecule has 1 aromatic rings. The molecule has 1 N–H and O–H groups in total. The number of carbonyl (C=O) groups excluding carboxylic acids is 2. The number of carbonyl (C=O) groups is 2. The highest BCUT2D eigenvalue weighted by atomic mass is 16.3. The van der Waals surface area contributed by atoms with Gasteiger partial charge in [-0.2, -0.15) is 0 Å². The minimum Gasteiger partial charge on any atom is -0.466 e. The SMILES string of the molecule is CCCCNC(=O)CCN(CCC(C)C)C(=O)c1cc(C)oc1C. The van der Waals surface area contributed by atoms with Gasteiger partial charge in [-0.25, -0.2) is 0 Å². The number of nitrogens with zero attached hydrogens (tertiary/aromatic N) is 1. The summed E-state index contributed by atoms with van der Waals surface area (Å²) in [7, 11) is 0. The van der Waals surface area contributed by atoms with Crippen molar-refractivity contribution in [3.63, 3.8) is 0 Å². The molecule has 0 bridgehead atoms. The van der Waals surface area contributed by atoms with E-state index in [1.54, 1.807) is 17.9 Å². The second-order valence-electron chi connectivity index (χ2n) is 6.76. The topological polar surface area (TPSA) is 62.6 Å². The van der Waals surface area contributed by atoms with Crippen molar-refractivity contribution in [2.45, 2.75) is 60.3 Å². The highest BCUT2D eigenvalue weighted by Crippen LogP contribution is 2.17. The number of nitrogens with one attached hydrogen (secondary N) is 1. The van der Waals surface area contributed by atoms with E-state index in [9.17, 15) is 9.59 Å². The number of hydrogen-bond donors (Lipinski definition) is 1. The Labute approximate surface area is 145 Å². The molecule has 136 valence electrons. The Morgan fingerprint density at radius 3 is 2.50 bits per heavy atom. The lowest BCUT2D eigenvalue weighted by Crippen LogP contribution is -2.36. The Hall–Kier alpha value is -1.78. The Bertz CT molecular complexity index is 535. The van der Waals surface area contributed by atoms with Crippen LogP contribution in [0.5, 0.6) is 0 Å². The van der Waals surface area contributed by atoms with Crippen LogP contribution in [0.2, 0.25) is 0 Å². The van der Waals surface area contributed by atoms with Gasteiger partial charge in [0, 0.05) is 26.1 Å². The zero-order valence-electron chi connectivity index (χ0n) is 15.8. The third-order valence-corrected chi connectivity index (χ3v) is 4.00. The summed E-state index contributed by atoms with van der Waals surface area (Å²) in [6.07, 6.45) is 3.29. The van der Waals surface area contributed by atoms with Crippen LogP contribution in [-0.4, -0.2) is 36.3 Å². The molecule has 0 aliphatic rings. The first-order valence-corrected chi connectivity index (χ1v) is 8.98. The van der Waals surface area contributed by atoms with Crippen molar-refractivity contribution in [2.24, 2.45) is 5.92 Å². The summed E-state index contributed by atoms with van der Waals surface area (Å²) < 4.78 is 5.48. The molecule has 0 unspecified atom stereocenters. The molecular weight excluding hydrogens is 304 g/mol. The number of unbranched alkanes of at least 4 members (excludes halogenated alkanes) is 1. The van der Waals surface area contributed by atoms with Crippen molar-refractivity contribution < 1.29 is 14.0 Å². The summed E-state index contributed by atoms with van der Waals surface area (Å²) in [5.41, 5.74) is 0.600. The molecule has 1 aromatic heterocycles. The third kappa shape index (κ3) is 6.77. The van der Waals surface area contributed by atoms with Crippen LogP contribution in [0.25, 0.3) is 0 Å². The first-order chi connectivity index (χ1) is 11.3. The first kappa shape index (κ1) is 20.3. The third-order valence-electron chi connectivity index (χ3n) is 4.00. The molecule has 2 amide bonds. The number of amides is 2. The Balaban J connectivity index is 2.67. The van der Waals surface area contributed by atoms with E-state index in [2.05, 4.69) is 26.1 Å². The Kier molecular flexibility index (Phi) is 8.58. The van der Waals surface area contributed by atoms with Gasteiger partial charge in [0.1, 0.15) is 11.5 Å². The minimum atomic E-state index is -0.0497. The van der Waals surface area contributed by atoms with Crippen molar-refractivity contribution in [1.82, 2.24) is 10.2 Å². The molecule has 24 heavy (non-hydrogen) atoms. The average molecular weight is 336 g/mol. The molecule has 5 nitrogen and oxygen atoms in total. The van der Waals surface area contributed by atoms with Gasteiger partial charge in [-0.1, -0.05) is 27.2 Å². The van der Waals surface area contributed by atoms with Crippen LogP contribution in [0.1, 0.15) is 68.3 Å². The van der Waals surface area contributed by atoms with Crippen molar-refractivity contribution in [1.29, 1.82) is 0 Å². The number of furan rings is 1. The summed E-state index contributed by atoms with van der Waals surface area (Å²) in [4.78, 5) is 26.5. The maximum atomic E-state index is 12.8. The highest BCUT2D eigenvalue weighted by Gasteiger charge is 2.21. The van der Waals surface area contributed by atoms with Crippen LogP contribution in [0, 0.1) is 19.8 Å². The number of hydrogen-bond acceptors (Lipinski definition) is 3. The predicted octanol–water partition coefficient (Wildman–Crippen LogP) is 3.69. The summed E-state index contributed by atoms with van der Waals surface area (Å²) in [5.74, 6) is 1.83. The van der Waals surface area contributed by atoms with Crippen molar-refractivity contribution in [3.8, 4) is 0 Å². The van der Waals surface area contributed by atoms with Crippen LogP contribution in [0.15, 0.2) is 10.5 Å². The molecule has 0 radical (unpaired) electrons. The normalized spacial score (nSPS) is 10.9. The molecule has 0 aliphatic carbocycles. The molecule has 0 aromatic carbocycles. The Morgan fingerprint density at radius 1 is 1.25 bits per heavy atom. The molecule has 1 rings (SSSR count). The fourth-order valence-electron chi connectivity index (χ4n) is 2.47.